The molecule has 2 fully saturated rings. The zero-order valence-electron chi connectivity index (χ0n) is 12.1. The van der Waals surface area contributed by atoms with Crippen molar-refractivity contribution in [3.8, 4) is 0 Å². The molecule has 112 valence electrons. The molecule has 0 aromatic heterocycles. The lowest BCUT2D eigenvalue weighted by molar-refractivity contribution is -0.164. The number of carbonyl (C=O) groups excluding carboxylic acids is 3. The number of hydrogen-bond acceptors (Lipinski definition) is 4. The van der Waals surface area contributed by atoms with Gasteiger partial charge in [-0.1, -0.05) is 13.8 Å². The van der Waals surface area contributed by atoms with Crippen LogP contribution < -0.4 is 5.73 Å². The molecule has 5 atom stereocenters. The lowest BCUT2D eigenvalue weighted by Crippen LogP contribution is -2.44. The third-order valence-corrected chi connectivity index (χ3v) is 4.51. The first-order chi connectivity index (χ1) is 9.36. The van der Waals surface area contributed by atoms with Crippen molar-refractivity contribution in [1.29, 1.82) is 0 Å². The van der Waals surface area contributed by atoms with E-state index in [2.05, 4.69) is 6.92 Å². The predicted octanol–water partition coefficient (Wildman–Crippen LogP) is 1.43. The molecule has 1 saturated carbocycles. The highest BCUT2D eigenvalue weighted by Crippen LogP contribution is 2.37. The van der Waals surface area contributed by atoms with Crippen molar-refractivity contribution in [2.75, 3.05) is 0 Å². The number of ketones is 1. The fourth-order valence-corrected chi connectivity index (χ4v) is 3.67. The second-order valence-corrected chi connectivity index (χ2v) is 6.49. The number of Topliss-reactive ketones (excluding diaryl/α,β-unsaturated/α-hetero) is 1. The topological polar surface area (TPSA) is 86.5 Å². The number of amides is 1. The summed E-state index contributed by atoms with van der Waals surface area (Å²) >= 11 is 0. The van der Waals surface area contributed by atoms with E-state index in [0.29, 0.717) is 12.3 Å². The molecule has 1 aliphatic heterocycles. The van der Waals surface area contributed by atoms with Crippen LogP contribution >= 0.6 is 0 Å². The molecule has 0 bridgehead atoms. The Morgan fingerprint density at radius 2 is 1.95 bits per heavy atom. The number of carbonyl (C=O) groups is 3. The van der Waals surface area contributed by atoms with Crippen molar-refractivity contribution in [3.63, 3.8) is 0 Å². The molecule has 2 aliphatic rings. The Morgan fingerprint density at radius 3 is 2.60 bits per heavy atom. The number of primary amides is 1. The van der Waals surface area contributed by atoms with Crippen LogP contribution in [0, 0.1) is 23.7 Å². The molecular weight excluding hydrogens is 258 g/mol. The van der Waals surface area contributed by atoms with Gasteiger partial charge in [-0.25, -0.2) is 0 Å². The standard InChI is InChI=1S/C15H23NO4/c1-8-3-9(2)15(19)11(4-8)12-5-10(6-13(16)17)7-14(18)20-12/h8-12H,3-7H2,1-2H3,(H2,16,17)/t8-,9-,10+,11-,12+/m1/s1. The number of esters is 1. The summed E-state index contributed by atoms with van der Waals surface area (Å²) in [5.41, 5.74) is 5.21. The van der Waals surface area contributed by atoms with Crippen molar-refractivity contribution < 1.29 is 19.1 Å². The van der Waals surface area contributed by atoms with E-state index in [1.807, 2.05) is 6.92 Å². The fourth-order valence-electron chi connectivity index (χ4n) is 3.67. The summed E-state index contributed by atoms with van der Waals surface area (Å²) in [6.07, 6.45) is 2.29. The Labute approximate surface area is 119 Å². The fraction of sp³-hybridized carbons (Fsp3) is 0.800. The quantitative estimate of drug-likeness (QED) is 0.793. The van der Waals surface area contributed by atoms with Gasteiger partial charge in [0.15, 0.2) is 0 Å². The molecule has 0 aromatic rings. The molecule has 5 nitrogen and oxygen atoms in total. The molecule has 20 heavy (non-hydrogen) atoms. The molecule has 0 radical (unpaired) electrons. The van der Waals surface area contributed by atoms with E-state index in [9.17, 15) is 14.4 Å². The lowest BCUT2D eigenvalue weighted by atomic mass is 9.71. The molecule has 1 heterocycles. The maximum Gasteiger partial charge on any atom is 0.306 e. The van der Waals surface area contributed by atoms with Gasteiger partial charge in [0.25, 0.3) is 0 Å². The van der Waals surface area contributed by atoms with Gasteiger partial charge < -0.3 is 10.5 Å². The number of ether oxygens (including phenoxy) is 1. The molecule has 1 aliphatic carbocycles. The van der Waals surface area contributed by atoms with Gasteiger partial charge in [0.1, 0.15) is 11.9 Å². The summed E-state index contributed by atoms with van der Waals surface area (Å²) < 4.78 is 5.39. The normalized spacial score (nSPS) is 38.4. The third-order valence-electron chi connectivity index (χ3n) is 4.51. The highest BCUT2D eigenvalue weighted by molar-refractivity contribution is 5.85. The first kappa shape index (κ1) is 15.0. The smallest absolute Gasteiger partial charge is 0.306 e. The molecule has 5 heteroatoms. The Kier molecular flexibility index (Phi) is 4.45. The van der Waals surface area contributed by atoms with Crippen LogP contribution in [-0.4, -0.2) is 23.8 Å². The monoisotopic (exact) mass is 281 g/mol. The van der Waals surface area contributed by atoms with Crippen LogP contribution in [0.4, 0.5) is 0 Å². The van der Waals surface area contributed by atoms with E-state index in [4.69, 9.17) is 10.5 Å². The summed E-state index contributed by atoms with van der Waals surface area (Å²) in [7, 11) is 0. The van der Waals surface area contributed by atoms with Crippen LogP contribution in [-0.2, 0) is 19.1 Å². The Bertz CT molecular complexity index is 418. The van der Waals surface area contributed by atoms with Gasteiger partial charge in [-0.15, -0.1) is 0 Å². The summed E-state index contributed by atoms with van der Waals surface area (Å²) in [5.74, 6) is -0.332. The maximum atomic E-state index is 12.3. The summed E-state index contributed by atoms with van der Waals surface area (Å²) in [6.45, 7) is 4.07. The minimum atomic E-state index is -0.403. The van der Waals surface area contributed by atoms with Crippen LogP contribution in [0.3, 0.4) is 0 Å². The van der Waals surface area contributed by atoms with E-state index in [-0.39, 0.29) is 48.5 Å². The number of rotatable bonds is 3. The Balaban J connectivity index is 2.08. The second kappa shape index (κ2) is 5.94. The summed E-state index contributed by atoms with van der Waals surface area (Å²) in [5, 5.41) is 0. The van der Waals surface area contributed by atoms with Crippen molar-refractivity contribution in [1.82, 2.24) is 0 Å². The van der Waals surface area contributed by atoms with Crippen LogP contribution in [0.2, 0.25) is 0 Å². The maximum absolute atomic E-state index is 12.3. The highest BCUT2D eigenvalue weighted by Gasteiger charge is 2.42. The number of cyclic esters (lactones) is 1. The van der Waals surface area contributed by atoms with E-state index in [1.54, 1.807) is 0 Å². The van der Waals surface area contributed by atoms with Crippen molar-refractivity contribution in [2.24, 2.45) is 29.4 Å². The molecule has 0 spiro atoms. The molecular formula is C15H23NO4. The Hall–Kier alpha value is -1.39. The van der Waals surface area contributed by atoms with Crippen molar-refractivity contribution in [3.05, 3.63) is 0 Å². The average molecular weight is 281 g/mol. The average Bonchev–Trinajstić information content (AvgIpc) is 2.32. The SMILES string of the molecule is C[C@@H]1C[C@@H](C)C(=O)[C@@H]([C@@H]2C[C@@H](CC(N)=O)CC(=O)O2)C1. The van der Waals surface area contributed by atoms with Crippen molar-refractivity contribution in [2.45, 2.75) is 52.1 Å². The minimum absolute atomic E-state index is 0.0268. The van der Waals surface area contributed by atoms with Gasteiger partial charge in [0.05, 0.1) is 5.92 Å². The molecule has 1 amide bonds. The Morgan fingerprint density at radius 1 is 1.25 bits per heavy atom. The van der Waals surface area contributed by atoms with Crippen molar-refractivity contribution >= 4 is 17.7 Å². The second-order valence-electron chi connectivity index (χ2n) is 6.49. The molecule has 0 aromatic carbocycles. The van der Waals surface area contributed by atoms with E-state index in [0.717, 1.165) is 12.8 Å². The third kappa shape index (κ3) is 3.38. The summed E-state index contributed by atoms with van der Waals surface area (Å²) in [6, 6.07) is 0. The zero-order valence-corrected chi connectivity index (χ0v) is 12.1. The van der Waals surface area contributed by atoms with Gasteiger partial charge in [-0.2, -0.15) is 0 Å². The van der Waals surface area contributed by atoms with E-state index >= 15 is 0 Å². The van der Waals surface area contributed by atoms with Gasteiger partial charge in [-0.05, 0) is 31.1 Å². The lowest BCUT2D eigenvalue weighted by Gasteiger charge is -2.38. The van der Waals surface area contributed by atoms with Gasteiger partial charge in [0.2, 0.25) is 5.91 Å². The molecule has 1 saturated heterocycles. The zero-order chi connectivity index (χ0) is 14.9. The molecule has 2 N–H and O–H groups in total. The minimum Gasteiger partial charge on any atom is -0.462 e. The predicted molar refractivity (Wildman–Crippen MR) is 72.5 cm³/mol. The first-order valence-corrected chi connectivity index (χ1v) is 7.38. The highest BCUT2D eigenvalue weighted by atomic mass is 16.5. The number of hydrogen-bond donors (Lipinski definition) is 1. The van der Waals surface area contributed by atoms with E-state index < -0.39 is 5.91 Å². The largest absolute Gasteiger partial charge is 0.462 e. The molecule has 2 rings (SSSR count). The van der Waals surface area contributed by atoms with Crippen LogP contribution in [0.5, 0.6) is 0 Å². The van der Waals surface area contributed by atoms with Gasteiger partial charge in [0, 0.05) is 18.8 Å². The van der Waals surface area contributed by atoms with Gasteiger partial charge >= 0.3 is 5.97 Å². The van der Waals surface area contributed by atoms with Crippen LogP contribution in [0.1, 0.15) is 46.0 Å². The summed E-state index contributed by atoms with van der Waals surface area (Å²) in [4.78, 5) is 35.0. The van der Waals surface area contributed by atoms with Gasteiger partial charge in [-0.3, -0.25) is 14.4 Å². The van der Waals surface area contributed by atoms with Crippen LogP contribution in [0.25, 0.3) is 0 Å². The first-order valence-electron chi connectivity index (χ1n) is 7.38. The van der Waals surface area contributed by atoms with Crippen LogP contribution in [0.15, 0.2) is 0 Å². The molecule has 0 unspecified atom stereocenters. The number of nitrogens with two attached hydrogens (primary N) is 1. The van der Waals surface area contributed by atoms with E-state index in [1.165, 1.54) is 0 Å².